The molecule has 2 nitrogen and oxygen atoms in total. The van der Waals surface area contributed by atoms with E-state index in [1.54, 1.807) is 0 Å². The van der Waals surface area contributed by atoms with Crippen LogP contribution in [0.1, 0.15) is 12.8 Å². The van der Waals surface area contributed by atoms with Gasteiger partial charge in [0.25, 0.3) is 0 Å². The first-order chi connectivity index (χ1) is 4.30. The molecule has 0 aliphatic carbocycles. The van der Waals surface area contributed by atoms with Gasteiger partial charge in [0.1, 0.15) is 0 Å². The lowest BCUT2D eigenvalue weighted by Crippen LogP contribution is -2.32. The highest BCUT2D eigenvalue weighted by atomic mass is 16.5. The van der Waals surface area contributed by atoms with Gasteiger partial charge in [-0.05, 0) is 26.9 Å². The van der Waals surface area contributed by atoms with Crippen LogP contribution >= 0.6 is 0 Å². The third-order valence-electron chi connectivity index (χ3n) is 1.57. The van der Waals surface area contributed by atoms with Gasteiger partial charge in [0.05, 0.1) is 0 Å². The Balaban J connectivity index is 2.23. The zero-order valence-electron chi connectivity index (χ0n) is 6.05. The Bertz CT molecular complexity index is 77.0. The summed E-state index contributed by atoms with van der Waals surface area (Å²) < 4.78 is 5.05. The van der Waals surface area contributed by atoms with E-state index in [0.717, 1.165) is 13.0 Å². The second-order valence-electron chi connectivity index (χ2n) is 2.59. The SMILES string of the molecule is CN(C)C1[C]OCCC1. The minimum absolute atomic E-state index is 0.416. The molecule has 1 unspecified atom stereocenters. The van der Waals surface area contributed by atoms with Crippen molar-refractivity contribution in [3.8, 4) is 0 Å². The van der Waals surface area contributed by atoms with Crippen molar-refractivity contribution in [1.29, 1.82) is 0 Å². The predicted octanol–water partition coefficient (Wildman–Crippen LogP) is 0.766. The zero-order valence-corrected chi connectivity index (χ0v) is 6.05. The molecule has 0 amide bonds. The Hall–Kier alpha value is -0.0800. The highest BCUT2D eigenvalue weighted by Gasteiger charge is 2.16. The van der Waals surface area contributed by atoms with E-state index >= 15 is 0 Å². The molecule has 9 heavy (non-hydrogen) atoms. The van der Waals surface area contributed by atoms with Crippen molar-refractivity contribution >= 4 is 0 Å². The van der Waals surface area contributed by atoms with Crippen molar-refractivity contribution in [3.05, 3.63) is 6.61 Å². The molecule has 1 atom stereocenters. The highest BCUT2D eigenvalue weighted by Crippen LogP contribution is 2.13. The second kappa shape index (κ2) is 3.18. The molecule has 1 heterocycles. The number of hydrogen-bond donors (Lipinski definition) is 0. The third kappa shape index (κ3) is 1.95. The van der Waals surface area contributed by atoms with Crippen LogP contribution in [0, 0.1) is 6.61 Å². The molecule has 0 N–H and O–H groups in total. The van der Waals surface area contributed by atoms with Crippen LogP contribution in [0.4, 0.5) is 0 Å². The van der Waals surface area contributed by atoms with Crippen LogP contribution in [0.15, 0.2) is 0 Å². The fraction of sp³-hybridized carbons (Fsp3) is 0.857. The summed E-state index contributed by atoms with van der Waals surface area (Å²) in [7, 11) is 4.10. The zero-order chi connectivity index (χ0) is 6.69. The van der Waals surface area contributed by atoms with Crippen LogP contribution < -0.4 is 0 Å². The standard InChI is InChI=1S/C7H13NO/c1-8(2)7-4-3-5-9-6-7/h7H,3-5H2,1-2H3. The molecule has 0 saturated carbocycles. The van der Waals surface area contributed by atoms with Gasteiger partial charge in [-0.3, -0.25) is 0 Å². The van der Waals surface area contributed by atoms with Crippen molar-refractivity contribution < 1.29 is 4.74 Å². The number of rotatable bonds is 1. The van der Waals surface area contributed by atoms with E-state index in [1.807, 2.05) is 14.1 Å². The molecule has 52 valence electrons. The molecule has 2 radical (unpaired) electrons. The van der Waals surface area contributed by atoms with Gasteiger partial charge < -0.3 is 9.64 Å². The summed E-state index contributed by atoms with van der Waals surface area (Å²) in [6, 6.07) is 0.416. The van der Waals surface area contributed by atoms with Gasteiger partial charge in [-0.25, -0.2) is 0 Å². The first-order valence-electron chi connectivity index (χ1n) is 3.34. The monoisotopic (exact) mass is 127 g/mol. The number of hydrogen-bond acceptors (Lipinski definition) is 2. The maximum absolute atomic E-state index is 5.05. The smallest absolute Gasteiger partial charge is 0.150 e. The molecule has 1 fully saturated rings. The lowest BCUT2D eigenvalue weighted by molar-refractivity contribution is 0.0920. The van der Waals surface area contributed by atoms with Gasteiger partial charge >= 0.3 is 0 Å². The first-order valence-corrected chi connectivity index (χ1v) is 3.34. The van der Waals surface area contributed by atoms with Gasteiger partial charge in [0.15, 0.2) is 6.61 Å². The van der Waals surface area contributed by atoms with E-state index < -0.39 is 0 Å². The Kier molecular flexibility index (Phi) is 2.49. The van der Waals surface area contributed by atoms with Crippen molar-refractivity contribution in [3.63, 3.8) is 0 Å². The van der Waals surface area contributed by atoms with Crippen LogP contribution in [0.25, 0.3) is 0 Å². The van der Waals surface area contributed by atoms with Crippen LogP contribution in [0.5, 0.6) is 0 Å². The van der Waals surface area contributed by atoms with E-state index in [0.29, 0.717) is 6.04 Å². The number of nitrogens with zero attached hydrogens (tertiary/aromatic N) is 1. The van der Waals surface area contributed by atoms with Crippen molar-refractivity contribution in [2.75, 3.05) is 20.7 Å². The van der Waals surface area contributed by atoms with Gasteiger partial charge in [-0.1, -0.05) is 0 Å². The van der Waals surface area contributed by atoms with E-state index in [1.165, 1.54) is 6.42 Å². The average Bonchev–Trinajstić information content (AvgIpc) is 1.90. The first kappa shape index (κ1) is 7.03. The fourth-order valence-electron chi connectivity index (χ4n) is 0.927. The van der Waals surface area contributed by atoms with Gasteiger partial charge in [0, 0.05) is 12.6 Å². The molecule has 1 rings (SSSR count). The Labute approximate surface area is 56.8 Å². The molecule has 0 spiro atoms. The lowest BCUT2D eigenvalue weighted by Gasteiger charge is -2.26. The number of ether oxygens (including phenoxy) is 1. The topological polar surface area (TPSA) is 12.5 Å². The fourth-order valence-corrected chi connectivity index (χ4v) is 0.927. The maximum atomic E-state index is 5.05. The van der Waals surface area contributed by atoms with E-state index in [9.17, 15) is 0 Å². The van der Waals surface area contributed by atoms with Crippen LogP contribution in [-0.2, 0) is 4.74 Å². The van der Waals surface area contributed by atoms with E-state index in [-0.39, 0.29) is 0 Å². The summed E-state index contributed by atoms with van der Waals surface area (Å²) in [5.41, 5.74) is 0. The molecule has 1 aliphatic heterocycles. The average molecular weight is 127 g/mol. The second-order valence-corrected chi connectivity index (χ2v) is 2.59. The summed E-state index contributed by atoms with van der Waals surface area (Å²) in [5, 5.41) is 0. The third-order valence-corrected chi connectivity index (χ3v) is 1.57. The molecule has 0 aromatic heterocycles. The van der Waals surface area contributed by atoms with Gasteiger partial charge in [0.2, 0.25) is 0 Å². The Morgan fingerprint density at radius 3 is 2.67 bits per heavy atom. The summed E-state index contributed by atoms with van der Waals surface area (Å²) >= 11 is 0. The van der Waals surface area contributed by atoms with Gasteiger partial charge in [-0.15, -0.1) is 0 Å². The molecular weight excluding hydrogens is 114 g/mol. The molecule has 2 heteroatoms. The normalized spacial score (nSPS) is 29.0. The summed E-state index contributed by atoms with van der Waals surface area (Å²) in [6.07, 6.45) is 2.35. The quantitative estimate of drug-likeness (QED) is 0.515. The summed E-state index contributed by atoms with van der Waals surface area (Å²) in [4.78, 5) is 2.12. The lowest BCUT2D eigenvalue weighted by atomic mass is 10.1. The van der Waals surface area contributed by atoms with E-state index in [2.05, 4.69) is 11.5 Å². The largest absolute Gasteiger partial charge is 0.367 e. The van der Waals surface area contributed by atoms with Crippen molar-refractivity contribution in [1.82, 2.24) is 4.90 Å². The summed E-state index contributed by atoms with van der Waals surface area (Å²) in [6.45, 7) is 3.80. The molecule has 1 aliphatic rings. The van der Waals surface area contributed by atoms with Crippen LogP contribution in [0.2, 0.25) is 0 Å². The molecule has 0 aromatic carbocycles. The maximum Gasteiger partial charge on any atom is 0.150 e. The van der Waals surface area contributed by atoms with Crippen LogP contribution in [-0.4, -0.2) is 31.6 Å². The molecular formula is C7H13NO. The van der Waals surface area contributed by atoms with Crippen molar-refractivity contribution in [2.24, 2.45) is 0 Å². The van der Waals surface area contributed by atoms with Gasteiger partial charge in [-0.2, -0.15) is 0 Å². The predicted molar refractivity (Wildman–Crippen MR) is 35.9 cm³/mol. The highest BCUT2D eigenvalue weighted by molar-refractivity contribution is 4.78. The Morgan fingerprint density at radius 1 is 1.56 bits per heavy atom. The van der Waals surface area contributed by atoms with Crippen molar-refractivity contribution in [2.45, 2.75) is 18.9 Å². The Morgan fingerprint density at radius 2 is 2.33 bits per heavy atom. The molecule has 0 aromatic rings. The minimum Gasteiger partial charge on any atom is -0.367 e. The summed E-state index contributed by atoms with van der Waals surface area (Å²) in [5.74, 6) is 0. The van der Waals surface area contributed by atoms with E-state index in [4.69, 9.17) is 4.74 Å². The molecule has 0 bridgehead atoms. The van der Waals surface area contributed by atoms with Crippen LogP contribution in [0.3, 0.4) is 0 Å². The molecule has 1 saturated heterocycles. The number of likely N-dealkylation sites (N-methyl/N-ethyl adjacent to an activating group) is 1. The minimum atomic E-state index is 0.416.